The van der Waals surface area contributed by atoms with Gasteiger partial charge in [-0.15, -0.1) is 6.58 Å². The number of carbonyl (C=O) groups excluding carboxylic acids is 1. The van der Waals surface area contributed by atoms with Crippen molar-refractivity contribution in [3.63, 3.8) is 0 Å². The fraction of sp³-hybridized carbons (Fsp3) is 0.286. The molecule has 0 bridgehead atoms. The van der Waals surface area contributed by atoms with Gasteiger partial charge in [-0.2, -0.15) is 0 Å². The van der Waals surface area contributed by atoms with Crippen molar-refractivity contribution in [3.05, 3.63) is 42.5 Å². The van der Waals surface area contributed by atoms with Gasteiger partial charge in [-0.1, -0.05) is 24.3 Å². The quantitative estimate of drug-likeness (QED) is 0.789. The number of carbonyl (C=O) groups is 2. The van der Waals surface area contributed by atoms with Crippen LogP contribution in [0.5, 0.6) is 0 Å². The Morgan fingerprint density at radius 2 is 2.21 bits per heavy atom. The fourth-order valence-corrected chi connectivity index (χ4v) is 2.32. The summed E-state index contributed by atoms with van der Waals surface area (Å²) < 4.78 is 0. The van der Waals surface area contributed by atoms with Crippen LogP contribution in [0.15, 0.2) is 36.9 Å². The largest absolute Gasteiger partial charge is 0.480 e. The van der Waals surface area contributed by atoms with E-state index in [9.17, 15) is 14.7 Å². The molecule has 1 amide bonds. The number of hydrogen-bond acceptors (Lipinski definition) is 3. The molecule has 5 heteroatoms. The molecule has 0 radical (unpaired) electrons. The Labute approximate surface area is 111 Å². The second-order valence-electron chi connectivity index (χ2n) is 4.53. The lowest BCUT2D eigenvalue weighted by molar-refractivity contribution is -0.140. The van der Waals surface area contributed by atoms with E-state index in [2.05, 4.69) is 6.58 Å². The number of aliphatic carboxylic acids is 1. The number of para-hydroxylation sites is 1. The molecule has 1 aromatic rings. The van der Waals surface area contributed by atoms with Crippen LogP contribution in [0.1, 0.15) is 12.0 Å². The van der Waals surface area contributed by atoms with Crippen LogP contribution in [0, 0.1) is 0 Å². The van der Waals surface area contributed by atoms with E-state index < -0.39 is 18.1 Å². The van der Waals surface area contributed by atoms with Gasteiger partial charge in [0.1, 0.15) is 6.04 Å². The molecule has 2 atom stereocenters. The molecule has 5 nitrogen and oxygen atoms in total. The minimum atomic E-state index is -1.02. The number of carboxylic acid groups (broad SMARTS) is 1. The summed E-state index contributed by atoms with van der Waals surface area (Å²) in [6.45, 7) is 3.54. The van der Waals surface area contributed by atoms with Crippen molar-refractivity contribution in [3.8, 4) is 0 Å². The number of fused-ring (bicyclic) bond motifs is 1. The molecule has 0 saturated carbocycles. The summed E-state index contributed by atoms with van der Waals surface area (Å²) in [6, 6.07) is 5.55. The second-order valence-corrected chi connectivity index (χ2v) is 4.53. The van der Waals surface area contributed by atoms with Gasteiger partial charge in [0.15, 0.2) is 0 Å². The lowest BCUT2D eigenvalue weighted by Crippen LogP contribution is -2.50. The first-order valence-corrected chi connectivity index (χ1v) is 6.06. The van der Waals surface area contributed by atoms with E-state index in [1.165, 1.54) is 4.90 Å². The van der Waals surface area contributed by atoms with Crippen LogP contribution in [-0.2, 0) is 16.0 Å². The Hall–Kier alpha value is -2.14. The third kappa shape index (κ3) is 2.37. The van der Waals surface area contributed by atoms with E-state index in [0.29, 0.717) is 18.5 Å². The van der Waals surface area contributed by atoms with E-state index in [-0.39, 0.29) is 5.91 Å². The zero-order valence-electron chi connectivity index (χ0n) is 10.5. The maximum atomic E-state index is 12.3. The van der Waals surface area contributed by atoms with E-state index in [1.54, 1.807) is 18.2 Å². The zero-order chi connectivity index (χ0) is 14.0. The van der Waals surface area contributed by atoms with Gasteiger partial charge in [0.2, 0.25) is 5.91 Å². The molecule has 0 aromatic heterocycles. The molecular weight excluding hydrogens is 244 g/mol. The first-order valence-electron chi connectivity index (χ1n) is 6.06. The zero-order valence-corrected chi connectivity index (χ0v) is 10.5. The highest BCUT2D eigenvalue weighted by Gasteiger charge is 2.39. The third-order valence-electron chi connectivity index (χ3n) is 3.24. The lowest BCUT2D eigenvalue weighted by atomic mass is 10.1. The van der Waals surface area contributed by atoms with Crippen molar-refractivity contribution in [2.45, 2.75) is 24.9 Å². The van der Waals surface area contributed by atoms with Crippen LogP contribution in [0.3, 0.4) is 0 Å². The predicted molar refractivity (Wildman–Crippen MR) is 71.8 cm³/mol. The number of rotatable bonds is 4. The van der Waals surface area contributed by atoms with Gasteiger partial charge in [0.25, 0.3) is 0 Å². The van der Waals surface area contributed by atoms with Gasteiger partial charge in [0.05, 0.1) is 6.04 Å². The molecule has 1 aliphatic rings. The van der Waals surface area contributed by atoms with Gasteiger partial charge in [-0.05, 0) is 18.1 Å². The summed E-state index contributed by atoms with van der Waals surface area (Å²) in [7, 11) is 0. The number of benzene rings is 1. The number of carboxylic acids is 1. The summed E-state index contributed by atoms with van der Waals surface area (Å²) in [5.41, 5.74) is 7.27. The van der Waals surface area contributed by atoms with E-state index in [0.717, 1.165) is 5.56 Å². The highest BCUT2D eigenvalue weighted by atomic mass is 16.4. The minimum absolute atomic E-state index is 0.318. The van der Waals surface area contributed by atoms with Crippen LogP contribution >= 0.6 is 0 Å². The summed E-state index contributed by atoms with van der Waals surface area (Å²) in [5.74, 6) is -1.40. The van der Waals surface area contributed by atoms with Crippen molar-refractivity contribution in [2.75, 3.05) is 4.90 Å². The van der Waals surface area contributed by atoms with Gasteiger partial charge >= 0.3 is 5.97 Å². The highest BCUT2D eigenvalue weighted by molar-refractivity contribution is 6.04. The highest BCUT2D eigenvalue weighted by Crippen LogP contribution is 2.32. The average molecular weight is 260 g/mol. The van der Waals surface area contributed by atoms with E-state index in [1.807, 2.05) is 12.1 Å². The summed E-state index contributed by atoms with van der Waals surface area (Å²) in [4.78, 5) is 24.9. The van der Waals surface area contributed by atoms with Crippen molar-refractivity contribution >= 4 is 17.6 Å². The molecule has 100 valence electrons. The molecular formula is C14H16N2O3. The monoisotopic (exact) mass is 260 g/mol. The molecule has 19 heavy (non-hydrogen) atoms. The lowest BCUT2D eigenvalue weighted by Gasteiger charge is -2.25. The maximum Gasteiger partial charge on any atom is 0.327 e. The molecule has 1 aromatic carbocycles. The van der Waals surface area contributed by atoms with Gasteiger partial charge in [-0.25, -0.2) is 4.79 Å². The first-order chi connectivity index (χ1) is 9.06. The Morgan fingerprint density at radius 3 is 2.84 bits per heavy atom. The second kappa shape index (κ2) is 5.24. The number of amides is 1. The van der Waals surface area contributed by atoms with Crippen LogP contribution < -0.4 is 10.6 Å². The van der Waals surface area contributed by atoms with Gasteiger partial charge in [-0.3, -0.25) is 9.69 Å². The minimum Gasteiger partial charge on any atom is -0.480 e. The van der Waals surface area contributed by atoms with Crippen LogP contribution in [0.25, 0.3) is 0 Å². The third-order valence-corrected chi connectivity index (χ3v) is 3.24. The Bertz CT molecular complexity index is 527. The maximum absolute atomic E-state index is 12.3. The summed E-state index contributed by atoms with van der Waals surface area (Å²) in [5, 5.41) is 9.26. The first kappa shape index (κ1) is 13.3. The van der Waals surface area contributed by atoms with Crippen molar-refractivity contribution in [2.24, 2.45) is 5.73 Å². The number of hydrogen-bond donors (Lipinski definition) is 2. The average Bonchev–Trinajstić information content (AvgIpc) is 2.77. The Kier molecular flexibility index (Phi) is 3.66. The molecule has 0 spiro atoms. The van der Waals surface area contributed by atoms with E-state index >= 15 is 0 Å². The molecule has 1 aliphatic heterocycles. The molecule has 2 unspecified atom stereocenters. The molecule has 2 rings (SSSR count). The van der Waals surface area contributed by atoms with Crippen LogP contribution in [0.2, 0.25) is 0 Å². The molecule has 0 fully saturated rings. The molecule has 0 saturated heterocycles. The number of anilines is 1. The Morgan fingerprint density at radius 1 is 1.53 bits per heavy atom. The van der Waals surface area contributed by atoms with Gasteiger partial charge in [0, 0.05) is 12.1 Å². The van der Waals surface area contributed by atoms with Crippen LogP contribution in [0.4, 0.5) is 5.69 Å². The van der Waals surface area contributed by atoms with Crippen LogP contribution in [-0.4, -0.2) is 29.1 Å². The fourth-order valence-electron chi connectivity index (χ4n) is 2.32. The van der Waals surface area contributed by atoms with Crippen molar-refractivity contribution in [1.29, 1.82) is 0 Å². The predicted octanol–water partition coefficient (Wildman–Crippen LogP) is 0.932. The normalized spacial score (nSPS) is 18.8. The van der Waals surface area contributed by atoms with E-state index in [4.69, 9.17) is 5.73 Å². The SMILES string of the molecule is C=CCC(N)C(=O)N1c2ccccc2CC1C(=O)O. The van der Waals surface area contributed by atoms with Crippen molar-refractivity contribution < 1.29 is 14.7 Å². The standard InChI is InChI=1S/C14H16N2O3/c1-2-5-10(15)13(17)16-11-7-4-3-6-9(11)8-12(16)14(18)19/h2-4,6-7,10,12H,1,5,8,15H2,(H,18,19). The number of nitrogens with zero attached hydrogens (tertiary/aromatic N) is 1. The topological polar surface area (TPSA) is 83.6 Å². The van der Waals surface area contributed by atoms with Gasteiger partial charge < -0.3 is 10.8 Å². The summed E-state index contributed by atoms with van der Waals surface area (Å²) in [6.07, 6.45) is 2.20. The number of nitrogens with two attached hydrogens (primary N) is 1. The Balaban J connectivity index is 2.36. The molecule has 0 aliphatic carbocycles. The molecule has 1 heterocycles. The summed E-state index contributed by atoms with van der Waals surface area (Å²) >= 11 is 0. The van der Waals surface area contributed by atoms with Crippen molar-refractivity contribution in [1.82, 2.24) is 0 Å². The molecule has 3 N–H and O–H groups in total. The smallest absolute Gasteiger partial charge is 0.327 e.